The van der Waals surface area contributed by atoms with E-state index in [2.05, 4.69) is 46.0 Å². The molecule has 0 atom stereocenters. The molecule has 3 aromatic heterocycles. The molecule has 2 N–H and O–H groups in total. The third kappa shape index (κ3) is 1.61. The van der Waals surface area contributed by atoms with Gasteiger partial charge in [-0.25, -0.2) is 9.67 Å². The summed E-state index contributed by atoms with van der Waals surface area (Å²) in [5.41, 5.74) is 3.74. The molecule has 3 aromatic rings. The Kier molecular flexibility index (Phi) is 2.10. The first-order chi connectivity index (χ1) is 8.45. The van der Waals surface area contributed by atoms with Crippen molar-refractivity contribution in [3.05, 3.63) is 18.0 Å². The number of hydrogen-bond donors (Lipinski definition) is 2. The largest absolute Gasteiger partial charge is 0.334 e. The Morgan fingerprint density at radius 3 is 2.67 bits per heavy atom. The zero-order valence-corrected chi connectivity index (χ0v) is 10.9. The molecule has 6 nitrogen and oxygen atoms in total. The van der Waals surface area contributed by atoms with E-state index in [1.54, 1.807) is 10.9 Å². The van der Waals surface area contributed by atoms with Gasteiger partial charge in [-0.1, -0.05) is 20.8 Å². The summed E-state index contributed by atoms with van der Waals surface area (Å²) in [5.74, 6) is 0.768. The van der Waals surface area contributed by atoms with Gasteiger partial charge < -0.3 is 4.98 Å². The van der Waals surface area contributed by atoms with Crippen LogP contribution in [0.25, 0.3) is 22.7 Å². The maximum atomic E-state index is 4.50. The summed E-state index contributed by atoms with van der Waals surface area (Å²) < 4.78 is 1.74. The number of aromatic amines is 2. The highest BCUT2D eigenvalue weighted by molar-refractivity contribution is 5.74. The molecule has 94 valence electrons. The van der Waals surface area contributed by atoms with E-state index in [0.717, 1.165) is 28.4 Å². The minimum absolute atomic E-state index is 0.0544. The lowest BCUT2D eigenvalue weighted by Crippen LogP contribution is -2.11. The van der Waals surface area contributed by atoms with E-state index in [4.69, 9.17) is 0 Å². The van der Waals surface area contributed by atoms with Crippen LogP contribution in [0.5, 0.6) is 0 Å². The van der Waals surface area contributed by atoms with Crippen LogP contribution in [0.3, 0.4) is 0 Å². The number of fused-ring (bicyclic) bond motifs is 1. The number of nitrogens with one attached hydrogen (secondary N) is 2. The van der Waals surface area contributed by atoms with Crippen molar-refractivity contribution in [3.8, 4) is 11.5 Å². The number of hydrogen-bond acceptors (Lipinski definition) is 3. The molecule has 0 aliphatic heterocycles. The van der Waals surface area contributed by atoms with Crippen LogP contribution in [0.1, 0.15) is 26.5 Å². The first kappa shape index (κ1) is 11.0. The number of aryl methyl sites for hydroxylation is 1. The zero-order chi connectivity index (χ0) is 12.9. The second-order valence-electron chi connectivity index (χ2n) is 5.51. The summed E-state index contributed by atoms with van der Waals surface area (Å²) in [6.07, 6.45) is 1.77. The Hall–Kier alpha value is -2.11. The topological polar surface area (TPSA) is 75.2 Å². The predicted molar refractivity (Wildman–Crippen MR) is 69.1 cm³/mol. The summed E-state index contributed by atoms with van der Waals surface area (Å²) in [4.78, 5) is 7.72. The van der Waals surface area contributed by atoms with Gasteiger partial charge >= 0.3 is 0 Å². The maximum absolute atomic E-state index is 4.50. The number of rotatable bonds is 1. The van der Waals surface area contributed by atoms with Crippen LogP contribution >= 0.6 is 0 Å². The Labute approximate surface area is 104 Å². The smallest absolute Gasteiger partial charge is 0.176 e. The van der Waals surface area contributed by atoms with Gasteiger partial charge in [0.2, 0.25) is 0 Å². The van der Waals surface area contributed by atoms with Gasteiger partial charge in [-0.2, -0.15) is 10.2 Å². The Balaban J connectivity index is 2.06. The fraction of sp³-hybridized carbons (Fsp3) is 0.417. The Morgan fingerprint density at radius 1 is 1.28 bits per heavy atom. The van der Waals surface area contributed by atoms with Crippen molar-refractivity contribution in [2.24, 2.45) is 7.05 Å². The van der Waals surface area contributed by atoms with Gasteiger partial charge in [0, 0.05) is 18.2 Å². The Morgan fingerprint density at radius 2 is 2.06 bits per heavy atom. The lowest BCUT2D eigenvalue weighted by Gasteiger charge is -2.14. The van der Waals surface area contributed by atoms with Gasteiger partial charge in [0.1, 0.15) is 11.2 Å². The molecule has 0 spiro atoms. The highest BCUT2D eigenvalue weighted by Gasteiger charge is 2.18. The molecule has 0 fully saturated rings. The molecule has 0 aliphatic rings. The van der Waals surface area contributed by atoms with Gasteiger partial charge in [-0.15, -0.1) is 0 Å². The van der Waals surface area contributed by atoms with Gasteiger partial charge in [0.25, 0.3) is 0 Å². The van der Waals surface area contributed by atoms with Crippen molar-refractivity contribution >= 4 is 11.2 Å². The monoisotopic (exact) mass is 244 g/mol. The van der Waals surface area contributed by atoms with E-state index in [9.17, 15) is 0 Å². The first-order valence-corrected chi connectivity index (χ1v) is 5.89. The van der Waals surface area contributed by atoms with Crippen molar-refractivity contribution < 1.29 is 0 Å². The van der Waals surface area contributed by atoms with Crippen LogP contribution in [0.2, 0.25) is 0 Å². The van der Waals surface area contributed by atoms with Crippen molar-refractivity contribution in [2.45, 2.75) is 26.2 Å². The van der Waals surface area contributed by atoms with E-state index < -0.39 is 0 Å². The maximum Gasteiger partial charge on any atom is 0.176 e. The minimum Gasteiger partial charge on any atom is -0.334 e. The summed E-state index contributed by atoms with van der Waals surface area (Å²) in [7, 11) is 1.87. The molecule has 0 aromatic carbocycles. The van der Waals surface area contributed by atoms with Gasteiger partial charge in [0.15, 0.2) is 11.5 Å². The van der Waals surface area contributed by atoms with Crippen LogP contribution in [0, 0.1) is 0 Å². The average molecular weight is 244 g/mol. The first-order valence-electron chi connectivity index (χ1n) is 5.89. The second kappa shape index (κ2) is 3.44. The van der Waals surface area contributed by atoms with Crippen LogP contribution in [-0.2, 0) is 12.5 Å². The van der Waals surface area contributed by atoms with Crippen LogP contribution in [-0.4, -0.2) is 29.9 Å². The predicted octanol–water partition coefficient (Wildman–Crippen LogP) is 1.98. The van der Waals surface area contributed by atoms with Crippen LogP contribution < -0.4 is 0 Å². The van der Waals surface area contributed by atoms with E-state index in [0.29, 0.717) is 0 Å². The normalized spacial score (nSPS) is 12.4. The van der Waals surface area contributed by atoms with Gasteiger partial charge in [0.05, 0.1) is 6.20 Å². The highest BCUT2D eigenvalue weighted by atomic mass is 15.3. The third-order valence-corrected chi connectivity index (χ3v) is 3.01. The van der Waals surface area contributed by atoms with Crippen molar-refractivity contribution in [3.63, 3.8) is 0 Å². The Bertz CT molecular complexity index is 694. The molecule has 0 saturated heterocycles. The summed E-state index contributed by atoms with van der Waals surface area (Å²) in [6, 6.07) is 2.03. The fourth-order valence-corrected chi connectivity index (χ4v) is 1.86. The molecule has 0 saturated carbocycles. The number of nitrogens with zero attached hydrogens (tertiary/aromatic N) is 4. The van der Waals surface area contributed by atoms with Gasteiger partial charge in [-0.05, 0) is 6.07 Å². The lowest BCUT2D eigenvalue weighted by atomic mass is 9.92. The van der Waals surface area contributed by atoms with Crippen LogP contribution in [0.15, 0.2) is 12.3 Å². The molecule has 0 amide bonds. The molecule has 0 radical (unpaired) electrons. The summed E-state index contributed by atoms with van der Waals surface area (Å²) in [6.45, 7) is 6.44. The summed E-state index contributed by atoms with van der Waals surface area (Å²) in [5, 5.41) is 11.5. The molecule has 0 aliphatic carbocycles. The number of imidazole rings is 1. The van der Waals surface area contributed by atoms with E-state index in [1.807, 2.05) is 13.1 Å². The van der Waals surface area contributed by atoms with Gasteiger partial charge in [-0.3, -0.25) is 5.10 Å². The lowest BCUT2D eigenvalue weighted by molar-refractivity contribution is 0.567. The van der Waals surface area contributed by atoms with Crippen molar-refractivity contribution in [2.75, 3.05) is 0 Å². The highest BCUT2D eigenvalue weighted by Crippen LogP contribution is 2.24. The SMILES string of the molecule is Cn1ncc2[nH]c(-c3cc(C(C)(C)C)[nH]n3)nc21. The van der Waals surface area contributed by atoms with E-state index in [-0.39, 0.29) is 5.41 Å². The summed E-state index contributed by atoms with van der Waals surface area (Å²) >= 11 is 0. The van der Waals surface area contributed by atoms with Crippen LogP contribution in [0.4, 0.5) is 0 Å². The number of H-pyrrole nitrogens is 2. The molecular formula is C12H16N6. The quantitative estimate of drug-likeness (QED) is 0.687. The molecule has 3 rings (SSSR count). The standard InChI is InChI=1S/C12H16N6/c1-12(2,3)9-5-7(16-17-9)10-14-8-6-13-18(4)11(8)15-10/h5-6H,1-4H3,(H,14,15)(H,16,17). The molecule has 3 heterocycles. The third-order valence-electron chi connectivity index (χ3n) is 3.01. The number of aromatic nitrogens is 6. The minimum atomic E-state index is 0.0544. The molecule has 0 bridgehead atoms. The zero-order valence-electron chi connectivity index (χ0n) is 10.9. The average Bonchev–Trinajstić information content (AvgIpc) is 2.93. The molecule has 0 unspecified atom stereocenters. The molecular weight excluding hydrogens is 228 g/mol. The second-order valence-corrected chi connectivity index (χ2v) is 5.51. The van der Waals surface area contributed by atoms with E-state index >= 15 is 0 Å². The van der Waals surface area contributed by atoms with Crippen molar-refractivity contribution in [1.29, 1.82) is 0 Å². The molecule has 18 heavy (non-hydrogen) atoms. The fourth-order valence-electron chi connectivity index (χ4n) is 1.86. The van der Waals surface area contributed by atoms with E-state index in [1.165, 1.54) is 0 Å². The van der Waals surface area contributed by atoms with Crippen molar-refractivity contribution in [1.82, 2.24) is 29.9 Å². The molecule has 6 heteroatoms.